The molecule has 0 aromatic rings. The topological polar surface area (TPSA) is 65.1 Å². The summed E-state index contributed by atoms with van der Waals surface area (Å²) in [5.74, 6) is -2.66. The first-order chi connectivity index (χ1) is 8.91. The Balaban J connectivity index is 1.87. The van der Waals surface area contributed by atoms with E-state index in [0.717, 1.165) is 13.1 Å². The van der Waals surface area contributed by atoms with Gasteiger partial charge in [-0.2, -0.15) is 13.2 Å². The smallest absolute Gasteiger partial charge is 0.400 e. The average molecular weight is 280 g/mol. The van der Waals surface area contributed by atoms with Crippen molar-refractivity contribution in [1.29, 1.82) is 0 Å². The van der Waals surface area contributed by atoms with E-state index in [0.29, 0.717) is 19.1 Å². The quantitative estimate of drug-likeness (QED) is 0.344. The predicted octanol–water partition coefficient (Wildman–Crippen LogP) is 0.691. The molecule has 0 amide bonds. The van der Waals surface area contributed by atoms with Crippen LogP contribution >= 0.6 is 0 Å². The van der Waals surface area contributed by atoms with Crippen molar-refractivity contribution in [2.45, 2.75) is 25.1 Å². The number of hydrogen-bond donors (Lipinski definition) is 2. The molecule has 0 spiro atoms. The molecule has 1 aliphatic heterocycles. The molecule has 110 valence electrons. The lowest BCUT2D eigenvalue weighted by Gasteiger charge is -2.36. The van der Waals surface area contributed by atoms with Gasteiger partial charge in [0.25, 0.3) is 0 Å². The first-order valence-corrected chi connectivity index (χ1v) is 6.42. The van der Waals surface area contributed by atoms with Gasteiger partial charge in [-0.3, -0.25) is 9.80 Å². The van der Waals surface area contributed by atoms with Crippen LogP contribution in [0.15, 0.2) is 5.16 Å². The Hall–Kier alpha value is -1.02. The lowest BCUT2D eigenvalue weighted by molar-refractivity contribution is -0.161. The summed E-state index contributed by atoms with van der Waals surface area (Å²) in [6, 6.07) is 0.643. The van der Waals surface area contributed by atoms with Gasteiger partial charge in [-0.15, -0.1) is 0 Å². The van der Waals surface area contributed by atoms with Crippen LogP contribution in [0, 0.1) is 5.92 Å². The Bertz CT molecular complexity index is 335. The summed E-state index contributed by atoms with van der Waals surface area (Å²) in [6.45, 7) is 2.55. The monoisotopic (exact) mass is 280 g/mol. The first-order valence-electron chi connectivity index (χ1n) is 6.42. The van der Waals surface area contributed by atoms with Crippen LogP contribution in [0.4, 0.5) is 13.2 Å². The predicted molar refractivity (Wildman–Crippen MR) is 64.0 cm³/mol. The molecular weight excluding hydrogens is 261 g/mol. The third-order valence-corrected chi connectivity index (χ3v) is 3.78. The summed E-state index contributed by atoms with van der Waals surface area (Å²) in [6.07, 6.45) is -2.07. The number of amidine groups is 1. The standard InChI is InChI=1S/C11H19F3N4O/c12-11(13,14)9(10(15)16-19)7-17-3-5-18(6-4-17)8-1-2-8/h8-9,19H,1-7H2,(H2,15,16). The lowest BCUT2D eigenvalue weighted by atomic mass is 10.1. The van der Waals surface area contributed by atoms with E-state index in [9.17, 15) is 13.2 Å². The second-order valence-corrected chi connectivity index (χ2v) is 5.19. The van der Waals surface area contributed by atoms with Crippen LogP contribution in [0.25, 0.3) is 0 Å². The molecule has 0 aromatic heterocycles. The van der Waals surface area contributed by atoms with E-state index < -0.39 is 17.9 Å². The fraction of sp³-hybridized carbons (Fsp3) is 0.909. The molecule has 0 aromatic carbocycles. The van der Waals surface area contributed by atoms with Gasteiger partial charge in [0.05, 0.1) is 0 Å². The zero-order valence-electron chi connectivity index (χ0n) is 10.6. The highest BCUT2D eigenvalue weighted by Crippen LogP contribution is 2.29. The number of oxime groups is 1. The Kier molecular flexibility index (Phi) is 4.19. The molecule has 2 fully saturated rings. The molecule has 1 unspecified atom stereocenters. The molecule has 2 rings (SSSR count). The maximum absolute atomic E-state index is 12.8. The SMILES string of the molecule is NC(=NO)C(CN1CCN(C2CC2)CC1)C(F)(F)F. The van der Waals surface area contributed by atoms with Crippen molar-refractivity contribution in [1.82, 2.24) is 9.80 Å². The molecule has 1 aliphatic carbocycles. The maximum atomic E-state index is 12.8. The Morgan fingerprint density at radius 3 is 2.26 bits per heavy atom. The van der Waals surface area contributed by atoms with E-state index in [-0.39, 0.29) is 6.54 Å². The second kappa shape index (κ2) is 5.54. The summed E-state index contributed by atoms with van der Waals surface area (Å²) in [5.41, 5.74) is 5.15. The number of piperazine rings is 1. The Morgan fingerprint density at radius 2 is 1.84 bits per heavy atom. The van der Waals surface area contributed by atoms with E-state index >= 15 is 0 Å². The highest BCUT2D eigenvalue weighted by molar-refractivity contribution is 5.83. The normalized spacial score (nSPS) is 25.5. The van der Waals surface area contributed by atoms with Crippen molar-refractivity contribution in [3.63, 3.8) is 0 Å². The summed E-state index contributed by atoms with van der Waals surface area (Å²) < 4.78 is 38.5. The van der Waals surface area contributed by atoms with E-state index in [2.05, 4.69) is 10.1 Å². The molecular formula is C11H19F3N4O. The van der Waals surface area contributed by atoms with Gasteiger partial charge < -0.3 is 10.9 Å². The second-order valence-electron chi connectivity index (χ2n) is 5.19. The van der Waals surface area contributed by atoms with Gasteiger partial charge in [-0.1, -0.05) is 5.16 Å². The minimum absolute atomic E-state index is 0.238. The first kappa shape index (κ1) is 14.4. The van der Waals surface area contributed by atoms with Crippen molar-refractivity contribution in [2.75, 3.05) is 32.7 Å². The summed E-state index contributed by atoms with van der Waals surface area (Å²) in [5, 5.41) is 11.0. The third-order valence-electron chi connectivity index (χ3n) is 3.78. The molecule has 0 bridgehead atoms. The molecule has 19 heavy (non-hydrogen) atoms. The number of nitrogens with zero attached hydrogens (tertiary/aromatic N) is 3. The summed E-state index contributed by atoms with van der Waals surface area (Å²) in [7, 11) is 0. The van der Waals surface area contributed by atoms with Crippen molar-refractivity contribution in [3.05, 3.63) is 0 Å². The van der Waals surface area contributed by atoms with Crippen molar-refractivity contribution < 1.29 is 18.4 Å². The molecule has 5 nitrogen and oxygen atoms in total. The number of rotatable bonds is 4. The molecule has 1 heterocycles. The van der Waals surface area contributed by atoms with Crippen LogP contribution in [0.5, 0.6) is 0 Å². The number of hydrogen-bond acceptors (Lipinski definition) is 4. The van der Waals surface area contributed by atoms with E-state index in [1.54, 1.807) is 4.90 Å². The van der Waals surface area contributed by atoms with Crippen LogP contribution in [0.3, 0.4) is 0 Å². The van der Waals surface area contributed by atoms with Gasteiger partial charge in [0.1, 0.15) is 5.92 Å². The minimum atomic E-state index is -4.48. The van der Waals surface area contributed by atoms with Gasteiger partial charge in [0.2, 0.25) is 0 Å². The van der Waals surface area contributed by atoms with Gasteiger partial charge in [-0.05, 0) is 12.8 Å². The van der Waals surface area contributed by atoms with Gasteiger partial charge in [-0.25, -0.2) is 0 Å². The largest absolute Gasteiger partial charge is 0.409 e. The van der Waals surface area contributed by atoms with E-state index in [1.165, 1.54) is 12.8 Å². The van der Waals surface area contributed by atoms with Gasteiger partial charge in [0, 0.05) is 38.8 Å². The summed E-state index contributed by atoms with van der Waals surface area (Å²) in [4.78, 5) is 4.05. The zero-order chi connectivity index (χ0) is 14.0. The third kappa shape index (κ3) is 3.73. The van der Waals surface area contributed by atoms with Gasteiger partial charge in [0.15, 0.2) is 5.84 Å². The van der Waals surface area contributed by atoms with Crippen molar-refractivity contribution in [2.24, 2.45) is 16.8 Å². The van der Waals surface area contributed by atoms with E-state index in [1.807, 2.05) is 0 Å². The van der Waals surface area contributed by atoms with Crippen LogP contribution in [0.2, 0.25) is 0 Å². The Labute approximate surface area is 109 Å². The van der Waals surface area contributed by atoms with E-state index in [4.69, 9.17) is 10.9 Å². The van der Waals surface area contributed by atoms with Crippen LogP contribution in [-0.2, 0) is 0 Å². The maximum Gasteiger partial charge on any atom is 0.400 e. The Morgan fingerprint density at radius 1 is 1.26 bits per heavy atom. The number of nitrogens with two attached hydrogens (primary N) is 1. The molecule has 0 radical (unpaired) electrons. The molecule has 8 heteroatoms. The number of halogens is 3. The van der Waals surface area contributed by atoms with Crippen LogP contribution in [0.1, 0.15) is 12.8 Å². The summed E-state index contributed by atoms with van der Waals surface area (Å²) >= 11 is 0. The fourth-order valence-corrected chi connectivity index (χ4v) is 2.44. The average Bonchev–Trinajstić information content (AvgIpc) is 3.18. The molecule has 2 aliphatic rings. The zero-order valence-corrected chi connectivity index (χ0v) is 10.6. The lowest BCUT2D eigenvalue weighted by Crippen LogP contribution is -2.52. The molecule has 3 N–H and O–H groups in total. The molecule has 1 saturated heterocycles. The van der Waals surface area contributed by atoms with Crippen molar-refractivity contribution in [3.8, 4) is 0 Å². The number of alkyl halides is 3. The molecule has 1 saturated carbocycles. The molecule has 1 atom stereocenters. The van der Waals surface area contributed by atoms with Crippen LogP contribution < -0.4 is 5.73 Å². The van der Waals surface area contributed by atoms with Crippen LogP contribution in [-0.4, -0.2) is 65.8 Å². The fourth-order valence-electron chi connectivity index (χ4n) is 2.44. The highest BCUT2D eigenvalue weighted by Gasteiger charge is 2.44. The van der Waals surface area contributed by atoms with Gasteiger partial charge >= 0.3 is 6.18 Å². The minimum Gasteiger partial charge on any atom is -0.409 e. The van der Waals surface area contributed by atoms with Crippen molar-refractivity contribution >= 4 is 5.84 Å². The highest BCUT2D eigenvalue weighted by atomic mass is 19.4.